The summed E-state index contributed by atoms with van der Waals surface area (Å²) in [6, 6.07) is 3.69. The third kappa shape index (κ3) is 4.25. The number of halogens is 2. The van der Waals surface area contributed by atoms with Crippen molar-refractivity contribution in [3.63, 3.8) is 0 Å². The summed E-state index contributed by atoms with van der Waals surface area (Å²) >= 11 is 0. The smallest absolute Gasteiger partial charge is 0.308 e. The number of nitrogens with one attached hydrogen (secondary N) is 1. The number of fused-ring (bicyclic) bond motifs is 1. The number of anilines is 1. The Balaban J connectivity index is 1.41. The van der Waals surface area contributed by atoms with E-state index in [1.54, 1.807) is 18.4 Å². The third-order valence-electron chi connectivity index (χ3n) is 7.40. The average Bonchev–Trinajstić information content (AvgIpc) is 3.44. The van der Waals surface area contributed by atoms with Gasteiger partial charge in [0.25, 0.3) is 5.92 Å². The maximum atomic E-state index is 14.6. The molecule has 1 spiro atoms. The second-order valence-electron chi connectivity index (χ2n) is 10.1. The predicted molar refractivity (Wildman–Crippen MR) is 120 cm³/mol. The molecule has 2 aromatic rings. The minimum atomic E-state index is -2.74. The van der Waals surface area contributed by atoms with Gasteiger partial charge in [0, 0.05) is 24.9 Å². The zero-order valence-electron chi connectivity index (χ0n) is 19.5. The number of ether oxygens (including phenoxy) is 2. The van der Waals surface area contributed by atoms with Crippen molar-refractivity contribution < 1.29 is 23.0 Å². The van der Waals surface area contributed by atoms with Crippen molar-refractivity contribution in [2.75, 3.05) is 31.9 Å². The average molecular weight is 479 g/mol. The quantitative estimate of drug-likeness (QED) is 0.630. The molecule has 3 saturated heterocycles. The molecule has 0 unspecified atom stereocenters. The van der Waals surface area contributed by atoms with E-state index >= 15 is 0 Å². The van der Waals surface area contributed by atoms with Gasteiger partial charge in [-0.3, -0.25) is 9.69 Å². The van der Waals surface area contributed by atoms with Gasteiger partial charge in [0.1, 0.15) is 30.2 Å². The molecule has 0 aromatic carbocycles. The number of esters is 1. The number of aromatic nitrogens is 3. The van der Waals surface area contributed by atoms with E-state index < -0.39 is 29.8 Å². The molecule has 11 heteroatoms. The van der Waals surface area contributed by atoms with Gasteiger partial charge in [0.2, 0.25) is 0 Å². The van der Waals surface area contributed by atoms with Crippen LogP contribution in [0.5, 0.6) is 0 Å². The molecule has 34 heavy (non-hydrogen) atoms. The van der Waals surface area contributed by atoms with Crippen LogP contribution in [0.3, 0.4) is 0 Å². The molecule has 0 aliphatic carbocycles. The van der Waals surface area contributed by atoms with Crippen LogP contribution in [-0.2, 0) is 14.3 Å². The predicted octanol–water partition coefficient (Wildman–Crippen LogP) is 2.17. The van der Waals surface area contributed by atoms with Gasteiger partial charge in [-0.15, -0.1) is 0 Å². The highest BCUT2D eigenvalue weighted by Gasteiger charge is 2.56. The van der Waals surface area contributed by atoms with E-state index in [4.69, 9.17) is 15.2 Å². The number of piperidine rings is 1. The zero-order chi connectivity index (χ0) is 24.1. The second kappa shape index (κ2) is 8.69. The summed E-state index contributed by atoms with van der Waals surface area (Å²) in [5.41, 5.74) is 6.83. The summed E-state index contributed by atoms with van der Waals surface area (Å²) in [5, 5.41) is 7.57. The van der Waals surface area contributed by atoms with Crippen LogP contribution in [0.4, 0.5) is 14.6 Å². The Labute approximate surface area is 197 Å². The number of nitrogen functional groups attached to an aromatic ring is 1. The molecule has 5 rings (SSSR count). The summed E-state index contributed by atoms with van der Waals surface area (Å²) < 4.78 is 43.1. The van der Waals surface area contributed by atoms with Crippen LogP contribution in [0.2, 0.25) is 0 Å². The highest BCUT2D eigenvalue weighted by molar-refractivity contribution is 5.71. The first-order chi connectivity index (χ1) is 16.2. The normalized spacial score (nSPS) is 28.8. The number of hydrogen-bond acceptors (Lipinski definition) is 8. The molecule has 0 radical (unpaired) electrons. The summed E-state index contributed by atoms with van der Waals surface area (Å²) in [4.78, 5) is 18.4. The fraction of sp³-hybridized carbons (Fsp3) is 0.696. The Morgan fingerprint density at radius 2 is 2.12 bits per heavy atom. The minimum Gasteiger partial charge on any atom is -0.459 e. The van der Waals surface area contributed by atoms with Gasteiger partial charge in [0.05, 0.1) is 18.2 Å². The van der Waals surface area contributed by atoms with Gasteiger partial charge in [-0.2, -0.15) is 5.10 Å². The minimum absolute atomic E-state index is 0.145. The highest BCUT2D eigenvalue weighted by atomic mass is 19.3. The lowest BCUT2D eigenvalue weighted by Crippen LogP contribution is -2.54. The number of carbonyl (C=O) groups is 1. The molecule has 2 aromatic heterocycles. The van der Waals surface area contributed by atoms with Gasteiger partial charge in [-0.05, 0) is 38.1 Å². The van der Waals surface area contributed by atoms with Crippen molar-refractivity contribution >= 4 is 17.3 Å². The number of likely N-dealkylation sites (tertiary alicyclic amines) is 1. The largest absolute Gasteiger partial charge is 0.459 e. The van der Waals surface area contributed by atoms with Crippen molar-refractivity contribution in [3.8, 4) is 0 Å². The molecule has 0 saturated carbocycles. The Morgan fingerprint density at radius 1 is 1.35 bits per heavy atom. The van der Waals surface area contributed by atoms with E-state index in [1.807, 2.05) is 17.0 Å². The van der Waals surface area contributed by atoms with E-state index in [1.165, 1.54) is 6.33 Å². The monoisotopic (exact) mass is 478 g/mol. The van der Waals surface area contributed by atoms with Crippen molar-refractivity contribution in [1.82, 2.24) is 24.8 Å². The van der Waals surface area contributed by atoms with Crippen molar-refractivity contribution in [2.24, 2.45) is 5.92 Å². The lowest BCUT2D eigenvalue weighted by molar-refractivity contribution is -0.156. The molecule has 0 amide bonds. The fourth-order valence-corrected chi connectivity index (χ4v) is 5.65. The molecule has 0 bridgehead atoms. The topological polar surface area (TPSA) is 107 Å². The highest BCUT2D eigenvalue weighted by Crippen LogP contribution is 2.46. The van der Waals surface area contributed by atoms with E-state index in [2.05, 4.69) is 15.4 Å². The molecule has 186 valence electrons. The van der Waals surface area contributed by atoms with Crippen molar-refractivity contribution in [1.29, 1.82) is 0 Å². The molecule has 3 fully saturated rings. The van der Waals surface area contributed by atoms with Crippen LogP contribution in [-0.4, -0.2) is 75.3 Å². The first kappa shape index (κ1) is 23.4. The summed E-state index contributed by atoms with van der Waals surface area (Å²) in [6.07, 6.45) is 1.48. The first-order valence-corrected chi connectivity index (χ1v) is 12.0. The SMILES string of the molecule is CC(C)C(=O)O[C@H]1C[C@H](c2ccc3c(N)ncnn23)O[C@@H]1CN1CC(F)(F)CC12CCNCC2. The lowest BCUT2D eigenvalue weighted by Gasteiger charge is -2.42. The number of carbonyl (C=O) groups excluding carboxylic acids is 1. The summed E-state index contributed by atoms with van der Waals surface area (Å²) in [7, 11) is 0. The number of hydrogen-bond donors (Lipinski definition) is 2. The first-order valence-electron chi connectivity index (χ1n) is 12.0. The van der Waals surface area contributed by atoms with E-state index in [-0.39, 0.29) is 31.4 Å². The molecule has 3 N–H and O–H groups in total. The Hall–Kier alpha value is -2.37. The van der Waals surface area contributed by atoms with Crippen LogP contribution >= 0.6 is 0 Å². The van der Waals surface area contributed by atoms with Crippen LogP contribution in [0, 0.1) is 5.92 Å². The Kier molecular flexibility index (Phi) is 5.97. The van der Waals surface area contributed by atoms with Crippen molar-refractivity contribution in [3.05, 3.63) is 24.2 Å². The van der Waals surface area contributed by atoms with Gasteiger partial charge in [-0.1, -0.05) is 13.8 Å². The standard InChI is InChI=1S/C23H32F2N6O3/c1-14(2)21(32)34-18-9-17(15-3-4-16-20(26)28-13-29-31(15)16)33-19(18)10-30-12-23(24,25)11-22(30)5-7-27-8-6-22/h3-4,13-14,17-19,27H,5-12H2,1-2H3,(H2,26,28,29)/t17-,18+,19-/m1/s1. The van der Waals surface area contributed by atoms with E-state index in [0.29, 0.717) is 43.7 Å². The molecule has 9 nitrogen and oxygen atoms in total. The molecule has 3 aliphatic heterocycles. The lowest BCUT2D eigenvalue weighted by atomic mass is 9.85. The number of alkyl halides is 2. The maximum Gasteiger partial charge on any atom is 0.308 e. The Bertz CT molecular complexity index is 1050. The molecule has 3 aliphatic rings. The Morgan fingerprint density at radius 3 is 2.85 bits per heavy atom. The van der Waals surface area contributed by atoms with Crippen LogP contribution < -0.4 is 11.1 Å². The van der Waals surface area contributed by atoms with Crippen LogP contribution in [0.25, 0.3) is 5.52 Å². The van der Waals surface area contributed by atoms with Gasteiger partial charge < -0.3 is 20.5 Å². The molecular formula is C23H32F2N6O3. The number of nitrogens with two attached hydrogens (primary N) is 1. The second-order valence-corrected chi connectivity index (χ2v) is 10.1. The number of nitrogens with zero attached hydrogens (tertiary/aromatic N) is 4. The van der Waals surface area contributed by atoms with E-state index in [9.17, 15) is 13.6 Å². The molecule has 5 heterocycles. The zero-order valence-corrected chi connectivity index (χ0v) is 19.5. The molecular weight excluding hydrogens is 446 g/mol. The summed E-state index contributed by atoms with van der Waals surface area (Å²) in [6.45, 7) is 4.95. The van der Waals surface area contributed by atoms with Gasteiger partial charge >= 0.3 is 5.97 Å². The van der Waals surface area contributed by atoms with Gasteiger partial charge in [-0.25, -0.2) is 18.3 Å². The number of rotatable bonds is 5. The van der Waals surface area contributed by atoms with Gasteiger partial charge in [0.15, 0.2) is 5.82 Å². The van der Waals surface area contributed by atoms with Crippen LogP contribution in [0.15, 0.2) is 18.5 Å². The molecule has 3 atom stereocenters. The van der Waals surface area contributed by atoms with E-state index in [0.717, 1.165) is 5.69 Å². The maximum absolute atomic E-state index is 14.6. The third-order valence-corrected chi connectivity index (χ3v) is 7.40. The van der Waals surface area contributed by atoms with Crippen LogP contribution in [0.1, 0.15) is 51.3 Å². The summed E-state index contributed by atoms with van der Waals surface area (Å²) in [5.74, 6) is -3.01. The fourth-order valence-electron chi connectivity index (χ4n) is 5.65. The van der Waals surface area contributed by atoms with Crippen molar-refractivity contribution in [2.45, 2.75) is 69.3 Å².